The van der Waals surface area contributed by atoms with Crippen molar-refractivity contribution >= 4 is 16.7 Å². The van der Waals surface area contributed by atoms with Crippen molar-refractivity contribution in [1.29, 1.82) is 0 Å². The van der Waals surface area contributed by atoms with E-state index < -0.39 is 0 Å². The van der Waals surface area contributed by atoms with Crippen LogP contribution in [0.2, 0.25) is 0 Å². The Labute approximate surface area is 147 Å². The summed E-state index contributed by atoms with van der Waals surface area (Å²) in [7, 11) is 0. The molecule has 3 rings (SSSR count). The Morgan fingerprint density at radius 1 is 1.20 bits per heavy atom. The van der Waals surface area contributed by atoms with Crippen molar-refractivity contribution in [3.05, 3.63) is 54.1 Å². The summed E-state index contributed by atoms with van der Waals surface area (Å²) >= 11 is 0. The Morgan fingerprint density at radius 3 is 2.76 bits per heavy atom. The van der Waals surface area contributed by atoms with Crippen LogP contribution in [-0.2, 0) is 13.1 Å². The number of nitrogens with zero attached hydrogens (tertiary/aromatic N) is 2. The number of rotatable bonds is 7. The van der Waals surface area contributed by atoms with Crippen LogP contribution in [0.1, 0.15) is 26.6 Å². The number of nitrogens with one attached hydrogen (secondary N) is 1. The molecule has 2 aromatic carbocycles. The molecule has 0 saturated heterocycles. The first-order valence-electron chi connectivity index (χ1n) is 8.68. The summed E-state index contributed by atoms with van der Waals surface area (Å²) in [5.74, 6) is 2.02. The number of aromatic nitrogens is 2. The number of benzene rings is 2. The van der Waals surface area contributed by atoms with Crippen LogP contribution < -0.4 is 10.1 Å². The molecular formula is C20H24FN3O. The molecule has 1 heterocycles. The van der Waals surface area contributed by atoms with Crippen molar-refractivity contribution in [2.75, 3.05) is 11.9 Å². The molecule has 0 atom stereocenters. The van der Waals surface area contributed by atoms with Crippen LogP contribution in [0.25, 0.3) is 11.0 Å². The van der Waals surface area contributed by atoms with E-state index in [1.807, 2.05) is 31.2 Å². The molecule has 0 fully saturated rings. The van der Waals surface area contributed by atoms with E-state index in [1.165, 1.54) is 12.1 Å². The summed E-state index contributed by atoms with van der Waals surface area (Å²) in [5.41, 5.74) is 2.76. The van der Waals surface area contributed by atoms with Gasteiger partial charge in [-0.3, -0.25) is 0 Å². The number of hydrogen-bond donors (Lipinski definition) is 1. The fraction of sp³-hybridized carbons (Fsp3) is 0.350. The Morgan fingerprint density at radius 2 is 2.04 bits per heavy atom. The van der Waals surface area contributed by atoms with E-state index in [0.717, 1.165) is 34.8 Å². The van der Waals surface area contributed by atoms with E-state index in [4.69, 9.17) is 9.72 Å². The number of imidazole rings is 1. The predicted octanol–water partition coefficient (Wildman–Crippen LogP) is 4.84. The van der Waals surface area contributed by atoms with E-state index in [1.54, 1.807) is 6.07 Å². The highest BCUT2D eigenvalue weighted by Crippen LogP contribution is 2.24. The topological polar surface area (TPSA) is 39.1 Å². The maximum absolute atomic E-state index is 13.4. The number of hydrogen-bond acceptors (Lipinski definition) is 3. The Kier molecular flexibility index (Phi) is 5.22. The molecule has 25 heavy (non-hydrogen) atoms. The number of anilines is 1. The third-order valence-corrected chi connectivity index (χ3v) is 3.93. The molecule has 0 spiro atoms. The fourth-order valence-corrected chi connectivity index (χ4v) is 2.89. The number of ether oxygens (including phenoxy) is 1. The maximum atomic E-state index is 13.4. The summed E-state index contributed by atoms with van der Waals surface area (Å²) in [5, 5.41) is 3.26. The second-order valence-electron chi connectivity index (χ2n) is 6.48. The molecule has 1 N–H and O–H groups in total. The highest BCUT2D eigenvalue weighted by atomic mass is 19.1. The average Bonchev–Trinajstić information content (AvgIpc) is 2.90. The lowest BCUT2D eigenvalue weighted by Crippen LogP contribution is -2.12. The fourth-order valence-electron chi connectivity index (χ4n) is 2.89. The van der Waals surface area contributed by atoms with E-state index in [0.29, 0.717) is 19.1 Å². The Hall–Kier alpha value is -2.56. The van der Waals surface area contributed by atoms with Crippen molar-refractivity contribution in [1.82, 2.24) is 9.55 Å². The quantitative estimate of drug-likeness (QED) is 0.668. The van der Waals surface area contributed by atoms with E-state index in [9.17, 15) is 4.39 Å². The molecule has 0 aliphatic rings. The summed E-state index contributed by atoms with van der Waals surface area (Å²) in [6.45, 7) is 8.38. The van der Waals surface area contributed by atoms with Crippen molar-refractivity contribution in [3.8, 4) is 5.75 Å². The van der Waals surface area contributed by atoms with E-state index >= 15 is 0 Å². The first-order valence-corrected chi connectivity index (χ1v) is 8.68. The Bertz CT molecular complexity index is 857. The molecule has 0 radical (unpaired) electrons. The van der Waals surface area contributed by atoms with Gasteiger partial charge in [0.2, 0.25) is 0 Å². The highest BCUT2D eigenvalue weighted by molar-refractivity contribution is 5.78. The van der Waals surface area contributed by atoms with Gasteiger partial charge in [-0.25, -0.2) is 9.37 Å². The van der Waals surface area contributed by atoms with Crippen LogP contribution in [-0.4, -0.2) is 16.2 Å². The minimum Gasteiger partial charge on any atom is -0.494 e. The highest BCUT2D eigenvalue weighted by Gasteiger charge is 2.13. The first-order chi connectivity index (χ1) is 12.1. The van der Waals surface area contributed by atoms with Crippen molar-refractivity contribution in [2.24, 2.45) is 5.92 Å². The zero-order valence-corrected chi connectivity index (χ0v) is 14.9. The zero-order valence-electron chi connectivity index (χ0n) is 14.9. The van der Waals surface area contributed by atoms with Gasteiger partial charge in [0.25, 0.3) is 0 Å². The number of fused-ring (bicyclic) bond motifs is 1. The van der Waals surface area contributed by atoms with Crippen LogP contribution in [0.4, 0.5) is 10.1 Å². The van der Waals surface area contributed by atoms with Gasteiger partial charge in [0.15, 0.2) is 0 Å². The molecule has 0 unspecified atom stereocenters. The number of halogens is 1. The lowest BCUT2D eigenvalue weighted by Gasteiger charge is -2.13. The third-order valence-electron chi connectivity index (χ3n) is 3.93. The molecule has 0 bridgehead atoms. The second kappa shape index (κ2) is 7.55. The summed E-state index contributed by atoms with van der Waals surface area (Å²) in [6, 6.07) is 12.5. The summed E-state index contributed by atoms with van der Waals surface area (Å²) in [6.07, 6.45) is 0. The largest absolute Gasteiger partial charge is 0.494 e. The molecular weight excluding hydrogens is 317 g/mol. The third kappa shape index (κ3) is 4.10. The smallest absolute Gasteiger partial charge is 0.129 e. The maximum Gasteiger partial charge on any atom is 0.129 e. The van der Waals surface area contributed by atoms with Gasteiger partial charge in [-0.15, -0.1) is 0 Å². The van der Waals surface area contributed by atoms with Gasteiger partial charge in [-0.05, 0) is 43.2 Å². The lowest BCUT2D eigenvalue weighted by atomic mass is 10.2. The van der Waals surface area contributed by atoms with Gasteiger partial charge < -0.3 is 14.6 Å². The molecule has 0 amide bonds. The van der Waals surface area contributed by atoms with E-state index in [2.05, 4.69) is 23.7 Å². The zero-order chi connectivity index (χ0) is 17.8. The lowest BCUT2D eigenvalue weighted by molar-refractivity contribution is 0.340. The summed E-state index contributed by atoms with van der Waals surface area (Å²) in [4.78, 5) is 4.76. The van der Waals surface area contributed by atoms with Crippen LogP contribution in [0, 0.1) is 11.7 Å². The molecule has 0 aliphatic heterocycles. The van der Waals surface area contributed by atoms with Crippen LogP contribution in [0.3, 0.4) is 0 Å². The normalized spacial score (nSPS) is 11.2. The molecule has 4 nitrogen and oxygen atoms in total. The van der Waals surface area contributed by atoms with E-state index in [-0.39, 0.29) is 5.82 Å². The molecule has 132 valence electrons. The van der Waals surface area contributed by atoms with Crippen molar-refractivity contribution < 1.29 is 9.13 Å². The molecule has 0 aliphatic carbocycles. The van der Waals surface area contributed by atoms with Gasteiger partial charge >= 0.3 is 0 Å². The molecule has 3 aromatic rings. The van der Waals surface area contributed by atoms with Gasteiger partial charge in [-0.2, -0.15) is 0 Å². The molecule has 1 aromatic heterocycles. The summed E-state index contributed by atoms with van der Waals surface area (Å²) < 4.78 is 21.2. The standard InChI is InChI=1S/C20H24FN3O/c1-4-25-17-8-9-18-19(11-17)24(13-14(2)3)20(23-18)12-22-16-7-5-6-15(21)10-16/h5-11,14,22H,4,12-13H2,1-3H3. The SMILES string of the molecule is CCOc1ccc2nc(CNc3cccc(F)c3)n(CC(C)C)c2c1. The van der Waals surface area contributed by atoms with Gasteiger partial charge in [0, 0.05) is 18.3 Å². The molecule has 5 heteroatoms. The Balaban J connectivity index is 1.92. The van der Waals surface area contributed by atoms with Crippen LogP contribution in [0.5, 0.6) is 5.75 Å². The van der Waals surface area contributed by atoms with Gasteiger partial charge in [0.1, 0.15) is 17.4 Å². The van der Waals surface area contributed by atoms with Crippen molar-refractivity contribution in [3.63, 3.8) is 0 Å². The van der Waals surface area contributed by atoms with Gasteiger partial charge in [-0.1, -0.05) is 19.9 Å². The molecule has 0 saturated carbocycles. The van der Waals surface area contributed by atoms with Gasteiger partial charge in [0.05, 0.1) is 24.2 Å². The van der Waals surface area contributed by atoms with Crippen LogP contribution >= 0.6 is 0 Å². The first kappa shape index (κ1) is 17.3. The van der Waals surface area contributed by atoms with Crippen LogP contribution in [0.15, 0.2) is 42.5 Å². The predicted molar refractivity (Wildman–Crippen MR) is 99.5 cm³/mol. The van der Waals surface area contributed by atoms with Crippen molar-refractivity contribution in [2.45, 2.75) is 33.9 Å². The monoisotopic (exact) mass is 341 g/mol. The second-order valence-corrected chi connectivity index (χ2v) is 6.48. The average molecular weight is 341 g/mol. The minimum atomic E-state index is -0.248. The minimum absolute atomic E-state index is 0.248.